The molecule has 0 heterocycles. The van der Waals surface area contributed by atoms with Gasteiger partial charge in [0.1, 0.15) is 17.2 Å². The summed E-state index contributed by atoms with van der Waals surface area (Å²) in [6.07, 6.45) is 1.37. The molecule has 2 rings (SSSR count). The molecular formula is C19H16FN3O6. The van der Waals surface area contributed by atoms with Crippen LogP contribution in [0.2, 0.25) is 0 Å². The van der Waals surface area contributed by atoms with Gasteiger partial charge in [-0.05, 0) is 23.8 Å². The third-order valence-corrected chi connectivity index (χ3v) is 3.41. The maximum atomic E-state index is 13.1. The normalized spacial score (nSPS) is 10.8. The van der Waals surface area contributed by atoms with Crippen molar-refractivity contribution < 1.29 is 28.4 Å². The van der Waals surface area contributed by atoms with Crippen molar-refractivity contribution in [2.75, 3.05) is 11.9 Å². The van der Waals surface area contributed by atoms with Gasteiger partial charge in [-0.1, -0.05) is 30.3 Å². The summed E-state index contributed by atoms with van der Waals surface area (Å²) in [5.41, 5.74) is -0.476. The van der Waals surface area contributed by atoms with E-state index in [1.807, 2.05) is 0 Å². The maximum Gasteiger partial charge on any atom is 0.355 e. The molecule has 10 heteroatoms. The molecule has 0 radical (unpaired) electrons. The van der Waals surface area contributed by atoms with Gasteiger partial charge in [0.15, 0.2) is 6.61 Å². The van der Waals surface area contributed by atoms with Crippen molar-refractivity contribution in [1.82, 2.24) is 5.32 Å². The Morgan fingerprint density at radius 2 is 1.86 bits per heavy atom. The molecule has 9 nitrogen and oxygen atoms in total. The number of nitrogens with one attached hydrogen (secondary N) is 2. The highest BCUT2D eigenvalue weighted by atomic mass is 19.1. The van der Waals surface area contributed by atoms with Gasteiger partial charge < -0.3 is 15.4 Å². The highest BCUT2D eigenvalue weighted by molar-refractivity contribution is 6.00. The Hall–Kier alpha value is -4.08. The minimum Gasteiger partial charge on any atom is -0.451 e. The van der Waals surface area contributed by atoms with Crippen LogP contribution in [0.3, 0.4) is 0 Å². The molecule has 29 heavy (non-hydrogen) atoms. The molecule has 0 aromatic heterocycles. The molecule has 2 N–H and O–H groups in total. The zero-order chi connectivity index (χ0) is 21.4. The van der Waals surface area contributed by atoms with Crippen LogP contribution in [0.25, 0.3) is 6.08 Å². The van der Waals surface area contributed by atoms with E-state index in [9.17, 15) is 28.9 Å². The summed E-state index contributed by atoms with van der Waals surface area (Å²) >= 11 is 0. The van der Waals surface area contributed by atoms with E-state index in [0.29, 0.717) is 11.6 Å². The first-order chi connectivity index (χ1) is 13.8. The highest BCUT2D eigenvalue weighted by Gasteiger charge is 2.19. The second kappa shape index (κ2) is 9.74. The van der Waals surface area contributed by atoms with Crippen LogP contribution in [-0.2, 0) is 19.1 Å². The number of esters is 1. The quantitative estimate of drug-likeness (QED) is 0.317. The van der Waals surface area contributed by atoms with Crippen molar-refractivity contribution in [3.05, 3.63) is 75.7 Å². The molecule has 0 fully saturated rings. The fourth-order valence-electron chi connectivity index (χ4n) is 2.21. The van der Waals surface area contributed by atoms with Crippen molar-refractivity contribution in [3.8, 4) is 0 Å². The number of nitrogens with zero attached hydrogens (tertiary/aromatic N) is 1. The minimum absolute atomic E-state index is 0.190. The number of carbonyl (C=O) groups is 3. The number of ether oxygens (including phenoxy) is 1. The van der Waals surface area contributed by atoms with Crippen LogP contribution in [0.5, 0.6) is 0 Å². The van der Waals surface area contributed by atoms with Crippen molar-refractivity contribution >= 4 is 35.2 Å². The van der Waals surface area contributed by atoms with Crippen molar-refractivity contribution in [2.24, 2.45) is 0 Å². The number of nitro groups is 1. The van der Waals surface area contributed by atoms with Crippen molar-refractivity contribution in [1.29, 1.82) is 0 Å². The lowest BCUT2D eigenvalue weighted by atomic mass is 10.2. The SMILES string of the molecule is CC(=O)N/C(=C/c1ccccc1)C(=O)OCC(=O)Nc1ccc(F)cc1[N+](=O)[O-]. The summed E-state index contributed by atoms with van der Waals surface area (Å²) < 4.78 is 18.0. The van der Waals surface area contributed by atoms with Crippen LogP contribution < -0.4 is 10.6 Å². The molecule has 0 saturated heterocycles. The molecule has 2 amide bonds. The first-order valence-corrected chi connectivity index (χ1v) is 8.21. The van der Waals surface area contributed by atoms with Crippen molar-refractivity contribution in [3.63, 3.8) is 0 Å². The smallest absolute Gasteiger partial charge is 0.355 e. The highest BCUT2D eigenvalue weighted by Crippen LogP contribution is 2.24. The molecule has 150 valence electrons. The number of hydrogen-bond donors (Lipinski definition) is 2. The number of hydrogen-bond acceptors (Lipinski definition) is 6. The summed E-state index contributed by atoms with van der Waals surface area (Å²) in [4.78, 5) is 45.6. The van der Waals surface area contributed by atoms with Crippen LogP contribution >= 0.6 is 0 Å². The molecule has 0 bridgehead atoms. The van der Waals surface area contributed by atoms with Gasteiger partial charge in [0.05, 0.1) is 11.0 Å². The van der Waals surface area contributed by atoms with Gasteiger partial charge in [-0.2, -0.15) is 0 Å². The maximum absolute atomic E-state index is 13.1. The van der Waals surface area contributed by atoms with Crippen LogP contribution in [-0.4, -0.2) is 29.3 Å². The van der Waals surface area contributed by atoms with Gasteiger partial charge in [-0.25, -0.2) is 9.18 Å². The lowest BCUT2D eigenvalue weighted by molar-refractivity contribution is -0.384. The largest absolute Gasteiger partial charge is 0.451 e. The van der Waals surface area contributed by atoms with E-state index in [2.05, 4.69) is 10.6 Å². The van der Waals surface area contributed by atoms with E-state index in [1.165, 1.54) is 13.0 Å². The average Bonchev–Trinajstić information content (AvgIpc) is 2.67. The van der Waals surface area contributed by atoms with Crippen LogP contribution in [0.15, 0.2) is 54.2 Å². The Kier molecular flexibility index (Phi) is 7.13. The summed E-state index contributed by atoms with van der Waals surface area (Å²) in [5, 5.41) is 15.4. The topological polar surface area (TPSA) is 128 Å². The first-order valence-electron chi connectivity index (χ1n) is 8.21. The third-order valence-electron chi connectivity index (χ3n) is 3.41. The van der Waals surface area contributed by atoms with E-state index in [-0.39, 0.29) is 11.4 Å². The number of rotatable bonds is 7. The number of halogens is 1. The van der Waals surface area contributed by atoms with E-state index in [0.717, 1.165) is 12.1 Å². The van der Waals surface area contributed by atoms with Crippen molar-refractivity contribution in [2.45, 2.75) is 6.92 Å². The fraction of sp³-hybridized carbons (Fsp3) is 0.105. The molecule has 0 unspecified atom stereocenters. The monoisotopic (exact) mass is 401 g/mol. The number of benzene rings is 2. The van der Waals surface area contributed by atoms with E-state index in [4.69, 9.17) is 4.74 Å². The molecule has 2 aromatic rings. The van der Waals surface area contributed by atoms with Gasteiger partial charge in [0.25, 0.3) is 11.6 Å². The van der Waals surface area contributed by atoms with Crippen LogP contribution in [0, 0.1) is 15.9 Å². The molecule has 0 atom stereocenters. The summed E-state index contributed by atoms with van der Waals surface area (Å²) in [6, 6.07) is 11.2. The van der Waals surface area contributed by atoms with Gasteiger partial charge in [-0.15, -0.1) is 0 Å². The Morgan fingerprint density at radius 3 is 2.48 bits per heavy atom. The second-order valence-electron chi connectivity index (χ2n) is 5.69. The average molecular weight is 401 g/mol. The second-order valence-corrected chi connectivity index (χ2v) is 5.69. The Bertz CT molecular complexity index is 975. The third kappa shape index (κ3) is 6.54. The number of nitro benzene ring substituents is 1. The molecule has 0 aliphatic carbocycles. The van der Waals surface area contributed by atoms with Gasteiger partial charge in [0, 0.05) is 6.92 Å². The number of anilines is 1. The predicted molar refractivity (Wildman–Crippen MR) is 101 cm³/mol. The molecule has 0 spiro atoms. The predicted octanol–water partition coefficient (Wildman–Crippen LogP) is 2.39. The van der Waals surface area contributed by atoms with E-state index < -0.39 is 40.8 Å². The van der Waals surface area contributed by atoms with Gasteiger partial charge >= 0.3 is 5.97 Å². The molecule has 0 aliphatic heterocycles. The Balaban J connectivity index is 2.06. The molecule has 0 saturated carbocycles. The zero-order valence-corrected chi connectivity index (χ0v) is 15.2. The number of amides is 2. The standard InChI is InChI=1S/C19H16FN3O6/c1-12(24)21-16(9-13-5-3-2-4-6-13)19(26)29-11-18(25)22-15-8-7-14(20)10-17(15)23(27)28/h2-10H,11H2,1H3,(H,21,24)(H,22,25)/b16-9+. The van der Waals surface area contributed by atoms with Crippen LogP contribution in [0.1, 0.15) is 12.5 Å². The Labute approximate surface area is 164 Å². The van der Waals surface area contributed by atoms with Gasteiger partial charge in [-0.3, -0.25) is 19.7 Å². The summed E-state index contributed by atoms with van der Waals surface area (Å²) in [5.74, 6) is -3.22. The molecule has 0 aliphatic rings. The van der Waals surface area contributed by atoms with E-state index >= 15 is 0 Å². The minimum atomic E-state index is -0.979. The summed E-state index contributed by atoms with van der Waals surface area (Å²) in [7, 11) is 0. The lowest BCUT2D eigenvalue weighted by Gasteiger charge is -2.10. The fourth-order valence-corrected chi connectivity index (χ4v) is 2.21. The molecule has 2 aromatic carbocycles. The van der Waals surface area contributed by atoms with Crippen LogP contribution in [0.4, 0.5) is 15.8 Å². The Morgan fingerprint density at radius 1 is 1.17 bits per heavy atom. The zero-order valence-electron chi connectivity index (χ0n) is 15.2. The van der Waals surface area contributed by atoms with Gasteiger partial charge in [0.2, 0.25) is 5.91 Å². The molecular weight excluding hydrogens is 385 g/mol. The first kappa shape index (κ1) is 21.2. The van der Waals surface area contributed by atoms with E-state index in [1.54, 1.807) is 30.3 Å². The lowest BCUT2D eigenvalue weighted by Crippen LogP contribution is -2.29. The summed E-state index contributed by atoms with van der Waals surface area (Å²) in [6.45, 7) is 0.422. The number of carbonyl (C=O) groups excluding carboxylic acids is 3.